The number of carbonyl (C=O) groups excluding carboxylic acids is 1. The smallest absolute Gasteiger partial charge is 0.389 e. The molecule has 5 nitrogen and oxygen atoms in total. The Morgan fingerprint density at radius 2 is 2.00 bits per heavy atom. The Balaban J connectivity index is 2.54. The van der Waals surface area contributed by atoms with Crippen molar-refractivity contribution in [1.29, 1.82) is 0 Å². The molecule has 0 saturated carbocycles. The van der Waals surface area contributed by atoms with Crippen LogP contribution in [0.3, 0.4) is 0 Å². The maximum Gasteiger partial charge on any atom is 0.389 e. The molecule has 1 unspecified atom stereocenters. The molecule has 1 aliphatic rings. The summed E-state index contributed by atoms with van der Waals surface area (Å²) in [5, 5.41) is 8.77. The lowest BCUT2D eigenvalue weighted by Gasteiger charge is -2.35. The predicted molar refractivity (Wildman–Crippen MR) is 53.8 cm³/mol. The van der Waals surface area contributed by atoms with Crippen LogP contribution in [0.2, 0.25) is 0 Å². The Labute approximate surface area is 102 Å². The molecule has 0 bridgehead atoms. The van der Waals surface area contributed by atoms with Crippen molar-refractivity contribution in [3.8, 4) is 0 Å². The number of nitrogens with zero attached hydrogens (tertiary/aromatic N) is 1. The molecule has 1 heterocycles. The van der Waals surface area contributed by atoms with E-state index >= 15 is 0 Å². The van der Waals surface area contributed by atoms with Gasteiger partial charge in [0.25, 0.3) is 0 Å². The van der Waals surface area contributed by atoms with Crippen molar-refractivity contribution in [2.45, 2.75) is 38.1 Å². The number of rotatable bonds is 3. The highest BCUT2D eigenvalue weighted by Crippen LogP contribution is 2.22. The van der Waals surface area contributed by atoms with Gasteiger partial charge < -0.3 is 14.7 Å². The standard InChI is InChI=1S/C10H14F3NO4/c1-6-4-14(5-7(18-6)9(16)17)8(15)2-3-10(11,12)13/h6-7H,2-5H2,1H3,(H,16,17)/t6-,7?/m1/s1. The summed E-state index contributed by atoms with van der Waals surface area (Å²) >= 11 is 0. The Morgan fingerprint density at radius 1 is 1.39 bits per heavy atom. The first-order valence-electron chi connectivity index (χ1n) is 5.42. The van der Waals surface area contributed by atoms with Crippen molar-refractivity contribution in [1.82, 2.24) is 4.90 Å². The Bertz CT molecular complexity index is 332. The Hall–Kier alpha value is -1.31. The van der Waals surface area contributed by atoms with E-state index in [9.17, 15) is 22.8 Å². The number of alkyl halides is 3. The van der Waals surface area contributed by atoms with Crippen LogP contribution >= 0.6 is 0 Å². The van der Waals surface area contributed by atoms with Gasteiger partial charge in [0.05, 0.1) is 19.1 Å². The van der Waals surface area contributed by atoms with Crippen LogP contribution in [-0.2, 0) is 14.3 Å². The van der Waals surface area contributed by atoms with Gasteiger partial charge in [0, 0.05) is 13.0 Å². The average molecular weight is 269 g/mol. The topological polar surface area (TPSA) is 66.8 Å². The molecule has 2 atom stereocenters. The molecule has 1 rings (SSSR count). The third-order valence-electron chi connectivity index (χ3n) is 2.51. The summed E-state index contributed by atoms with van der Waals surface area (Å²) in [4.78, 5) is 23.4. The minimum absolute atomic E-state index is 0.112. The minimum atomic E-state index is -4.39. The normalized spacial score (nSPS) is 25.0. The van der Waals surface area contributed by atoms with Crippen molar-refractivity contribution in [2.75, 3.05) is 13.1 Å². The number of carbonyl (C=O) groups is 2. The average Bonchev–Trinajstić information content (AvgIpc) is 2.23. The molecular weight excluding hydrogens is 255 g/mol. The molecule has 8 heteroatoms. The van der Waals surface area contributed by atoms with Crippen molar-refractivity contribution in [3.63, 3.8) is 0 Å². The van der Waals surface area contributed by atoms with E-state index in [1.54, 1.807) is 6.92 Å². The van der Waals surface area contributed by atoms with Gasteiger partial charge in [-0.25, -0.2) is 4.79 Å². The lowest BCUT2D eigenvalue weighted by molar-refractivity contribution is -0.169. The van der Waals surface area contributed by atoms with E-state index in [1.807, 2.05) is 0 Å². The van der Waals surface area contributed by atoms with Crippen LogP contribution in [-0.4, -0.2) is 53.4 Å². The van der Waals surface area contributed by atoms with Crippen LogP contribution < -0.4 is 0 Å². The van der Waals surface area contributed by atoms with Crippen molar-refractivity contribution >= 4 is 11.9 Å². The van der Waals surface area contributed by atoms with Crippen LogP contribution in [0, 0.1) is 0 Å². The number of halogens is 3. The van der Waals surface area contributed by atoms with Crippen molar-refractivity contribution < 1.29 is 32.6 Å². The monoisotopic (exact) mass is 269 g/mol. The van der Waals surface area contributed by atoms with E-state index in [0.717, 1.165) is 4.90 Å². The summed E-state index contributed by atoms with van der Waals surface area (Å²) in [5.74, 6) is -1.93. The zero-order valence-corrected chi connectivity index (χ0v) is 9.74. The van der Waals surface area contributed by atoms with Crippen LogP contribution in [0.25, 0.3) is 0 Å². The molecule has 1 amide bonds. The molecule has 0 aromatic carbocycles. The lowest BCUT2D eigenvalue weighted by Crippen LogP contribution is -2.51. The molecule has 1 N–H and O–H groups in total. The molecule has 1 saturated heterocycles. The number of ether oxygens (including phenoxy) is 1. The molecule has 0 aromatic heterocycles. The molecule has 1 aliphatic heterocycles. The van der Waals surface area contributed by atoms with Gasteiger partial charge in [0.15, 0.2) is 6.10 Å². The Kier molecular flexibility index (Phi) is 4.55. The van der Waals surface area contributed by atoms with Crippen molar-refractivity contribution in [2.24, 2.45) is 0 Å². The first kappa shape index (κ1) is 14.7. The summed E-state index contributed by atoms with van der Waals surface area (Å²) in [6.07, 6.45) is -7.93. The van der Waals surface area contributed by atoms with Crippen LogP contribution in [0.1, 0.15) is 19.8 Å². The number of morpholine rings is 1. The molecule has 0 spiro atoms. The maximum atomic E-state index is 12.0. The second-order valence-electron chi connectivity index (χ2n) is 4.19. The van der Waals surface area contributed by atoms with E-state index in [0.29, 0.717) is 0 Å². The first-order chi connectivity index (χ1) is 8.19. The Morgan fingerprint density at radius 3 is 2.50 bits per heavy atom. The highest BCUT2D eigenvalue weighted by atomic mass is 19.4. The number of amides is 1. The summed E-state index contributed by atoms with van der Waals surface area (Å²) in [7, 11) is 0. The van der Waals surface area contributed by atoms with E-state index < -0.39 is 43.1 Å². The fourth-order valence-corrected chi connectivity index (χ4v) is 1.70. The van der Waals surface area contributed by atoms with E-state index in [2.05, 4.69) is 0 Å². The lowest BCUT2D eigenvalue weighted by atomic mass is 10.2. The number of aliphatic carboxylic acids is 1. The molecule has 104 valence electrons. The van der Waals surface area contributed by atoms with Gasteiger partial charge >= 0.3 is 12.1 Å². The third kappa shape index (κ3) is 4.52. The fourth-order valence-electron chi connectivity index (χ4n) is 1.70. The molecule has 18 heavy (non-hydrogen) atoms. The van der Waals surface area contributed by atoms with E-state index in [1.165, 1.54) is 0 Å². The quantitative estimate of drug-likeness (QED) is 0.831. The summed E-state index contributed by atoms with van der Waals surface area (Å²) in [5.41, 5.74) is 0. The van der Waals surface area contributed by atoms with Gasteiger partial charge in [0.2, 0.25) is 5.91 Å². The van der Waals surface area contributed by atoms with Gasteiger partial charge in [0.1, 0.15) is 0 Å². The molecule has 1 fully saturated rings. The second kappa shape index (κ2) is 5.55. The third-order valence-corrected chi connectivity index (χ3v) is 2.51. The molecular formula is C10H14F3NO4. The maximum absolute atomic E-state index is 12.0. The zero-order chi connectivity index (χ0) is 13.9. The van der Waals surface area contributed by atoms with Gasteiger partial charge in [-0.1, -0.05) is 0 Å². The molecule has 0 radical (unpaired) electrons. The van der Waals surface area contributed by atoms with Gasteiger partial charge in [-0.2, -0.15) is 13.2 Å². The van der Waals surface area contributed by atoms with Gasteiger partial charge in [-0.15, -0.1) is 0 Å². The zero-order valence-electron chi connectivity index (χ0n) is 9.74. The SMILES string of the molecule is C[C@@H]1CN(C(=O)CCC(F)(F)F)CC(C(=O)O)O1. The van der Waals surface area contributed by atoms with Gasteiger partial charge in [-0.05, 0) is 6.92 Å². The summed E-state index contributed by atoms with van der Waals surface area (Å²) in [6.45, 7) is 1.47. The highest BCUT2D eigenvalue weighted by molar-refractivity contribution is 5.78. The molecule has 0 aliphatic carbocycles. The number of carboxylic acid groups (broad SMARTS) is 1. The summed E-state index contributed by atoms with van der Waals surface area (Å²) in [6, 6.07) is 0. The first-order valence-corrected chi connectivity index (χ1v) is 5.42. The molecule has 0 aromatic rings. The van der Waals surface area contributed by atoms with Crippen LogP contribution in [0.15, 0.2) is 0 Å². The van der Waals surface area contributed by atoms with E-state index in [4.69, 9.17) is 9.84 Å². The highest BCUT2D eigenvalue weighted by Gasteiger charge is 2.34. The largest absolute Gasteiger partial charge is 0.479 e. The van der Waals surface area contributed by atoms with Crippen LogP contribution in [0.4, 0.5) is 13.2 Å². The minimum Gasteiger partial charge on any atom is -0.479 e. The number of hydrogen-bond acceptors (Lipinski definition) is 3. The van der Waals surface area contributed by atoms with Crippen LogP contribution in [0.5, 0.6) is 0 Å². The summed E-state index contributed by atoms with van der Waals surface area (Å²) < 4.78 is 41.0. The number of hydrogen-bond donors (Lipinski definition) is 1. The predicted octanol–water partition coefficient (Wildman–Crippen LogP) is 1.03. The van der Waals surface area contributed by atoms with E-state index in [-0.39, 0.29) is 13.1 Å². The van der Waals surface area contributed by atoms with Gasteiger partial charge in [-0.3, -0.25) is 4.79 Å². The second-order valence-corrected chi connectivity index (χ2v) is 4.19. The fraction of sp³-hybridized carbons (Fsp3) is 0.800. The number of carboxylic acids is 1. The van der Waals surface area contributed by atoms with Crippen molar-refractivity contribution in [3.05, 3.63) is 0 Å².